The smallest absolute Gasteiger partial charge is 0.224 e. The molecule has 0 radical (unpaired) electrons. The van der Waals surface area contributed by atoms with E-state index in [0.717, 1.165) is 45.6 Å². The minimum Gasteiger partial charge on any atom is -0.383 e. The van der Waals surface area contributed by atoms with Gasteiger partial charge in [-0.2, -0.15) is 0 Å². The quantitative estimate of drug-likeness (QED) is 0.685. The zero-order valence-corrected chi connectivity index (χ0v) is 17.2. The summed E-state index contributed by atoms with van der Waals surface area (Å²) in [5.41, 5.74) is 1.37. The molecule has 1 aliphatic carbocycles. The van der Waals surface area contributed by atoms with E-state index in [1.165, 1.54) is 31.4 Å². The number of likely N-dealkylation sites (tertiary alicyclic amines) is 2. The van der Waals surface area contributed by atoms with Gasteiger partial charge in [-0.25, -0.2) is 4.98 Å². The number of nitrogens with one attached hydrogen (secondary N) is 1. The van der Waals surface area contributed by atoms with Crippen molar-refractivity contribution in [1.29, 1.82) is 0 Å². The summed E-state index contributed by atoms with van der Waals surface area (Å²) in [5.74, 6) is 0.337. The molecule has 0 aromatic carbocycles. The molecule has 1 atom stereocenters. The molecule has 1 aromatic heterocycles. The molecule has 156 valence electrons. The van der Waals surface area contributed by atoms with Crippen LogP contribution in [0.15, 0.2) is 12.5 Å². The minimum atomic E-state index is 0.136. The summed E-state index contributed by atoms with van der Waals surface area (Å²) in [4.78, 5) is 21.9. The molecule has 0 unspecified atom stereocenters. The number of aromatic nitrogens is 2. The van der Waals surface area contributed by atoms with E-state index in [-0.39, 0.29) is 11.8 Å². The molecular weight excluding hydrogens is 354 g/mol. The Morgan fingerprint density at radius 3 is 2.75 bits per heavy atom. The second-order valence-electron chi connectivity index (χ2n) is 8.65. The lowest BCUT2D eigenvalue weighted by molar-refractivity contribution is -0.127. The summed E-state index contributed by atoms with van der Waals surface area (Å²) in [6, 6.07) is 1.33. The van der Waals surface area contributed by atoms with Crippen LogP contribution in [0.5, 0.6) is 0 Å². The summed E-state index contributed by atoms with van der Waals surface area (Å²) in [6.07, 6.45) is 11.2. The van der Waals surface area contributed by atoms with Crippen molar-refractivity contribution in [2.45, 2.75) is 57.2 Å². The van der Waals surface area contributed by atoms with Crippen LogP contribution < -0.4 is 5.32 Å². The maximum absolute atomic E-state index is 12.4. The lowest BCUT2D eigenvalue weighted by Gasteiger charge is -2.42. The molecule has 3 fully saturated rings. The Bertz CT molecular complexity index is 636. The molecule has 4 rings (SSSR count). The molecule has 1 N–H and O–H groups in total. The van der Waals surface area contributed by atoms with Crippen molar-refractivity contribution in [2.75, 3.05) is 46.4 Å². The van der Waals surface area contributed by atoms with E-state index >= 15 is 0 Å². The topological polar surface area (TPSA) is 62.6 Å². The summed E-state index contributed by atoms with van der Waals surface area (Å²) in [5, 5.41) is 3.02. The van der Waals surface area contributed by atoms with Crippen LogP contribution in [0.1, 0.15) is 50.3 Å². The van der Waals surface area contributed by atoms with Gasteiger partial charge in [0.05, 0.1) is 24.5 Å². The maximum atomic E-state index is 12.4. The lowest BCUT2D eigenvalue weighted by Crippen LogP contribution is -2.50. The Balaban J connectivity index is 1.23. The highest BCUT2D eigenvalue weighted by Crippen LogP contribution is 2.36. The number of nitrogens with zero attached hydrogens (tertiary/aromatic N) is 4. The van der Waals surface area contributed by atoms with Crippen molar-refractivity contribution < 1.29 is 9.53 Å². The van der Waals surface area contributed by atoms with Crippen molar-refractivity contribution in [2.24, 2.45) is 5.92 Å². The number of hydrogen-bond acceptors (Lipinski definition) is 5. The Kier molecular flexibility index (Phi) is 6.65. The first-order valence-electron chi connectivity index (χ1n) is 11.0. The van der Waals surface area contributed by atoms with Gasteiger partial charge in [-0.05, 0) is 45.1 Å². The first-order chi connectivity index (χ1) is 13.7. The van der Waals surface area contributed by atoms with Crippen LogP contribution in [0.2, 0.25) is 0 Å². The molecule has 7 nitrogen and oxygen atoms in total. The number of carbonyl (C=O) groups is 1. The van der Waals surface area contributed by atoms with Crippen LogP contribution in [-0.2, 0) is 16.1 Å². The number of hydrogen-bond donors (Lipinski definition) is 1. The zero-order valence-electron chi connectivity index (χ0n) is 17.2. The van der Waals surface area contributed by atoms with Crippen LogP contribution in [-0.4, -0.2) is 77.7 Å². The SMILES string of the molecule is COCCNC(=O)[C@@H]1CCCN(C2CCN(Cc3cncn3C3CC3)CC2)C1. The van der Waals surface area contributed by atoms with Crippen molar-refractivity contribution >= 4 is 5.91 Å². The van der Waals surface area contributed by atoms with Gasteiger partial charge < -0.3 is 14.6 Å². The Hall–Kier alpha value is -1.44. The molecule has 2 saturated heterocycles. The van der Waals surface area contributed by atoms with Gasteiger partial charge in [-0.3, -0.25) is 14.6 Å². The third-order valence-electron chi connectivity index (χ3n) is 6.57. The molecule has 28 heavy (non-hydrogen) atoms. The summed E-state index contributed by atoms with van der Waals surface area (Å²) in [7, 11) is 1.67. The number of methoxy groups -OCH3 is 1. The Morgan fingerprint density at radius 2 is 2.00 bits per heavy atom. The number of amides is 1. The summed E-state index contributed by atoms with van der Waals surface area (Å²) >= 11 is 0. The molecule has 1 saturated carbocycles. The average molecular weight is 390 g/mol. The monoisotopic (exact) mass is 389 g/mol. The van der Waals surface area contributed by atoms with Crippen molar-refractivity contribution in [3.05, 3.63) is 18.2 Å². The second-order valence-corrected chi connectivity index (χ2v) is 8.65. The van der Waals surface area contributed by atoms with Crippen LogP contribution in [0.4, 0.5) is 0 Å². The number of ether oxygens (including phenoxy) is 1. The summed E-state index contributed by atoms with van der Waals surface area (Å²) < 4.78 is 7.41. The van der Waals surface area contributed by atoms with Crippen molar-refractivity contribution in [3.63, 3.8) is 0 Å². The van der Waals surface area contributed by atoms with Gasteiger partial charge in [0.1, 0.15) is 0 Å². The fraction of sp³-hybridized carbons (Fsp3) is 0.810. The van der Waals surface area contributed by atoms with E-state index in [2.05, 4.69) is 24.7 Å². The predicted octanol–water partition coefficient (Wildman–Crippen LogP) is 1.66. The molecule has 0 bridgehead atoms. The first kappa shape index (κ1) is 19.9. The highest BCUT2D eigenvalue weighted by atomic mass is 16.5. The highest BCUT2D eigenvalue weighted by Gasteiger charge is 2.32. The largest absolute Gasteiger partial charge is 0.383 e. The number of rotatable bonds is 8. The predicted molar refractivity (Wildman–Crippen MR) is 108 cm³/mol. The van der Waals surface area contributed by atoms with Gasteiger partial charge in [0.25, 0.3) is 0 Å². The average Bonchev–Trinajstić information content (AvgIpc) is 3.48. The van der Waals surface area contributed by atoms with E-state index in [1.807, 2.05) is 12.5 Å². The lowest BCUT2D eigenvalue weighted by atomic mass is 9.93. The first-order valence-corrected chi connectivity index (χ1v) is 11.0. The summed E-state index contributed by atoms with van der Waals surface area (Å²) in [6.45, 7) is 6.55. The van der Waals surface area contributed by atoms with Crippen LogP contribution in [0.3, 0.4) is 0 Å². The van der Waals surface area contributed by atoms with E-state index in [9.17, 15) is 4.79 Å². The van der Waals surface area contributed by atoms with E-state index in [1.54, 1.807) is 7.11 Å². The van der Waals surface area contributed by atoms with Crippen LogP contribution >= 0.6 is 0 Å². The zero-order chi connectivity index (χ0) is 19.3. The third kappa shape index (κ3) is 4.93. The van der Waals surface area contributed by atoms with Gasteiger partial charge in [0.2, 0.25) is 5.91 Å². The van der Waals surface area contributed by atoms with E-state index in [4.69, 9.17) is 4.74 Å². The molecule has 1 amide bonds. The van der Waals surface area contributed by atoms with E-state index in [0.29, 0.717) is 25.2 Å². The molecule has 3 heterocycles. The molecule has 2 aliphatic heterocycles. The third-order valence-corrected chi connectivity index (χ3v) is 6.57. The fourth-order valence-electron chi connectivity index (χ4n) is 4.78. The molecule has 7 heteroatoms. The van der Waals surface area contributed by atoms with Crippen LogP contribution in [0, 0.1) is 5.92 Å². The normalized spacial score (nSPS) is 25.1. The van der Waals surface area contributed by atoms with Crippen molar-refractivity contribution in [1.82, 2.24) is 24.7 Å². The van der Waals surface area contributed by atoms with Crippen LogP contribution in [0.25, 0.3) is 0 Å². The Morgan fingerprint density at radius 1 is 1.18 bits per heavy atom. The fourth-order valence-corrected chi connectivity index (χ4v) is 4.78. The number of imidazole rings is 1. The molecular formula is C21H35N5O2. The van der Waals surface area contributed by atoms with Crippen molar-refractivity contribution in [3.8, 4) is 0 Å². The number of carbonyl (C=O) groups excluding carboxylic acids is 1. The van der Waals surface area contributed by atoms with Gasteiger partial charge in [-0.1, -0.05) is 0 Å². The standard InChI is InChI=1S/C21H35N5O2/c1-28-12-8-23-21(27)17-3-2-9-25(14-17)18-6-10-24(11-7-18)15-20-13-22-16-26(20)19-4-5-19/h13,16-19H,2-12,14-15H2,1H3,(H,23,27)/t17-/m1/s1. The van der Waals surface area contributed by atoms with Gasteiger partial charge in [0, 0.05) is 58.1 Å². The molecule has 0 spiro atoms. The van der Waals surface area contributed by atoms with E-state index < -0.39 is 0 Å². The van der Waals surface area contributed by atoms with Gasteiger partial charge in [0.15, 0.2) is 0 Å². The second kappa shape index (κ2) is 9.37. The van der Waals surface area contributed by atoms with Gasteiger partial charge >= 0.3 is 0 Å². The highest BCUT2D eigenvalue weighted by molar-refractivity contribution is 5.78. The molecule has 3 aliphatic rings. The maximum Gasteiger partial charge on any atom is 0.224 e. The molecule has 1 aromatic rings. The van der Waals surface area contributed by atoms with Gasteiger partial charge in [-0.15, -0.1) is 0 Å². The number of piperidine rings is 2. The minimum absolute atomic E-state index is 0.136. The Labute approximate surface area is 168 Å².